The van der Waals surface area contributed by atoms with E-state index in [2.05, 4.69) is 5.32 Å². The zero-order valence-corrected chi connectivity index (χ0v) is 14.5. The Balaban J connectivity index is 2.14. The lowest BCUT2D eigenvalue weighted by Crippen LogP contribution is -2.42. The highest BCUT2D eigenvalue weighted by Crippen LogP contribution is 2.29. The average Bonchev–Trinajstić information content (AvgIpc) is 2.55. The van der Waals surface area contributed by atoms with Crippen LogP contribution in [-0.4, -0.2) is 23.0 Å². The molecule has 0 fully saturated rings. The fourth-order valence-corrected chi connectivity index (χ4v) is 2.65. The van der Waals surface area contributed by atoms with Crippen molar-refractivity contribution >= 4 is 35.1 Å². The SMILES string of the molecule is O=C(N[C@@H](Cc1ccc(Cl)cc1Cl)C(=O)O)c1ccc(C(F)(F)F)cc1. The number of alkyl halides is 3. The van der Waals surface area contributed by atoms with E-state index in [-0.39, 0.29) is 17.0 Å². The molecule has 2 aromatic rings. The third-order valence-corrected chi connectivity index (χ3v) is 4.10. The van der Waals surface area contributed by atoms with E-state index < -0.39 is 29.7 Å². The summed E-state index contributed by atoms with van der Waals surface area (Å²) in [6.07, 6.45) is -4.64. The number of benzene rings is 2. The molecule has 0 aromatic heterocycles. The van der Waals surface area contributed by atoms with Crippen molar-refractivity contribution in [3.63, 3.8) is 0 Å². The van der Waals surface area contributed by atoms with Crippen LogP contribution in [0.4, 0.5) is 13.2 Å². The lowest BCUT2D eigenvalue weighted by atomic mass is 10.0. The van der Waals surface area contributed by atoms with Gasteiger partial charge in [0.1, 0.15) is 6.04 Å². The van der Waals surface area contributed by atoms with Gasteiger partial charge >= 0.3 is 12.1 Å². The number of carbonyl (C=O) groups is 2. The summed E-state index contributed by atoms with van der Waals surface area (Å²) in [7, 11) is 0. The van der Waals surface area contributed by atoms with E-state index in [9.17, 15) is 27.9 Å². The van der Waals surface area contributed by atoms with Crippen molar-refractivity contribution in [2.24, 2.45) is 0 Å². The maximum absolute atomic E-state index is 12.5. The third kappa shape index (κ3) is 5.12. The number of carbonyl (C=O) groups excluding carboxylic acids is 1. The summed E-state index contributed by atoms with van der Waals surface area (Å²) in [5, 5.41) is 12.2. The number of rotatable bonds is 5. The van der Waals surface area contributed by atoms with Gasteiger partial charge in [0.15, 0.2) is 0 Å². The summed E-state index contributed by atoms with van der Waals surface area (Å²) in [4.78, 5) is 23.5. The molecule has 0 bridgehead atoms. The molecule has 138 valence electrons. The Hall–Kier alpha value is -2.25. The van der Waals surface area contributed by atoms with Gasteiger partial charge in [-0.15, -0.1) is 0 Å². The second-order valence-electron chi connectivity index (χ2n) is 5.38. The normalized spacial score (nSPS) is 12.5. The molecule has 9 heteroatoms. The first kappa shape index (κ1) is 20.1. The molecular formula is C17H12Cl2F3NO3. The van der Waals surface area contributed by atoms with E-state index in [0.717, 1.165) is 24.3 Å². The molecule has 2 rings (SSSR count). The van der Waals surface area contributed by atoms with Crippen LogP contribution in [0.2, 0.25) is 10.0 Å². The lowest BCUT2D eigenvalue weighted by molar-refractivity contribution is -0.139. The van der Waals surface area contributed by atoms with Gasteiger partial charge < -0.3 is 10.4 Å². The molecule has 0 saturated heterocycles. The number of hydrogen-bond donors (Lipinski definition) is 2. The first-order chi connectivity index (χ1) is 12.1. The molecule has 26 heavy (non-hydrogen) atoms. The van der Waals surface area contributed by atoms with Gasteiger partial charge in [-0.1, -0.05) is 29.3 Å². The van der Waals surface area contributed by atoms with Gasteiger partial charge in [-0.25, -0.2) is 4.79 Å². The molecule has 2 aromatic carbocycles. The molecule has 0 radical (unpaired) electrons. The summed E-state index contributed by atoms with van der Waals surface area (Å²) in [5.74, 6) is -2.12. The van der Waals surface area contributed by atoms with Gasteiger partial charge in [0.05, 0.1) is 5.56 Å². The number of aliphatic carboxylic acids is 1. The monoisotopic (exact) mass is 405 g/mol. The van der Waals surface area contributed by atoms with Crippen LogP contribution < -0.4 is 5.32 Å². The molecule has 0 spiro atoms. The fourth-order valence-electron chi connectivity index (χ4n) is 2.16. The van der Waals surface area contributed by atoms with Gasteiger partial charge in [-0.2, -0.15) is 13.2 Å². The molecule has 2 N–H and O–H groups in total. The first-order valence-corrected chi connectivity index (χ1v) is 7.98. The zero-order chi connectivity index (χ0) is 19.5. The quantitative estimate of drug-likeness (QED) is 0.772. The number of nitrogens with one attached hydrogen (secondary N) is 1. The molecule has 0 saturated carbocycles. The Morgan fingerprint density at radius 1 is 1.08 bits per heavy atom. The highest BCUT2D eigenvalue weighted by molar-refractivity contribution is 6.35. The minimum atomic E-state index is -4.52. The molecule has 0 aliphatic carbocycles. The molecule has 1 amide bonds. The van der Waals surface area contributed by atoms with Crippen molar-refractivity contribution in [3.8, 4) is 0 Å². The van der Waals surface area contributed by atoms with Crippen molar-refractivity contribution in [1.29, 1.82) is 0 Å². The Kier molecular flexibility index (Phi) is 6.15. The van der Waals surface area contributed by atoms with Crippen molar-refractivity contribution in [1.82, 2.24) is 5.32 Å². The van der Waals surface area contributed by atoms with Crippen LogP contribution in [0, 0.1) is 0 Å². The number of amides is 1. The van der Waals surface area contributed by atoms with Crippen LogP contribution in [0.1, 0.15) is 21.5 Å². The van der Waals surface area contributed by atoms with Gasteiger partial charge in [0.25, 0.3) is 5.91 Å². The van der Waals surface area contributed by atoms with Crippen LogP contribution in [0.3, 0.4) is 0 Å². The lowest BCUT2D eigenvalue weighted by Gasteiger charge is -2.16. The standard InChI is InChI=1S/C17H12Cl2F3NO3/c18-12-6-3-10(13(19)8-12)7-14(16(25)26)23-15(24)9-1-4-11(5-2-9)17(20,21)22/h1-6,8,14H,7H2,(H,23,24)(H,25,26)/t14-/m0/s1. The second kappa shape index (κ2) is 7.97. The Labute approximate surface area is 156 Å². The maximum atomic E-state index is 12.5. The van der Waals surface area contributed by atoms with Crippen molar-refractivity contribution in [3.05, 3.63) is 69.2 Å². The van der Waals surface area contributed by atoms with Crippen molar-refractivity contribution in [2.75, 3.05) is 0 Å². The number of hydrogen-bond acceptors (Lipinski definition) is 2. The van der Waals surface area contributed by atoms with Crippen LogP contribution in [0.25, 0.3) is 0 Å². The van der Waals surface area contributed by atoms with E-state index in [4.69, 9.17) is 23.2 Å². The number of carboxylic acid groups (broad SMARTS) is 1. The summed E-state index contributed by atoms with van der Waals surface area (Å²) in [5.41, 5.74) is -0.542. The Morgan fingerprint density at radius 2 is 1.69 bits per heavy atom. The minimum Gasteiger partial charge on any atom is -0.480 e. The highest BCUT2D eigenvalue weighted by atomic mass is 35.5. The van der Waals surface area contributed by atoms with E-state index in [1.807, 2.05) is 0 Å². The minimum absolute atomic E-state index is 0.0912. The number of carboxylic acids is 1. The van der Waals surface area contributed by atoms with Gasteiger partial charge in [-0.3, -0.25) is 4.79 Å². The fraction of sp³-hybridized carbons (Fsp3) is 0.176. The molecule has 1 atom stereocenters. The summed E-state index contributed by atoms with van der Waals surface area (Å²) < 4.78 is 37.6. The van der Waals surface area contributed by atoms with Crippen molar-refractivity contribution < 1.29 is 27.9 Å². The average molecular weight is 406 g/mol. The molecular weight excluding hydrogens is 394 g/mol. The van der Waals surface area contributed by atoms with Crippen LogP contribution in [0.5, 0.6) is 0 Å². The summed E-state index contributed by atoms with van der Waals surface area (Å²) >= 11 is 11.8. The molecule has 0 aliphatic heterocycles. The van der Waals surface area contributed by atoms with Crippen molar-refractivity contribution in [2.45, 2.75) is 18.6 Å². The van der Waals surface area contributed by atoms with Crippen LogP contribution in [0.15, 0.2) is 42.5 Å². The van der Waals surface area contributed by atoms with Gasteiger partial charge in [0, 0.05) is 22.0 Å². The van der Waals surface area contributed by atoms with E-state index >= 15 is 0 Å². The van der Waals surface area contributed by atoms with Crippen LogP contribution >= 0.6 is 23.2 Å². The molecule has 0 unspecified atom stereocenters. The van der Waals surface area contributed by atoms with Crippen LogP contribution in [-0.2, 0) is 17.4 Å². The number of halogens is 5. The smallest absolute Gasteiger partial charge is 0.416 e. The van der Waals surface area contributed by atoms with E-state index in [0.29, 0.717) is 10.6 Å². The predicted molar refractivity (Wildman–Crippen MR) is 90.5 cm³/mol. The van der Waals surface area contributed by atoms with Gasteiger partial charge in [0.2, 0.25) is 0 Å². The first-order valence-electron chi connectivity index (χ1n) is 7.23. The summed E-state index contributed by atoms with van der Waals surface area (Å²) in [6, 6.07) is 6.64. The Bertz CT molecular complexity index is 823. The second-order valence-corrected chi connectivity index (χ2v) is 6.22. The molecule has 0 heterocycles. The Morgan fingerprint density at radius 3 is 2.19 bits per heavy atom. The maximum Gasteiger partial charge on any atom is 0.416 e. The zero-order valence-electron chi connectivity index (χ0n) is 13.0. The molecule has 4 nitrogen and oxygen atoms in total. The molecule has 0 aliphatic rings. The van der Waals surface area contributed by atoms with E-state index in [1.54, 1.807) is 0 Å². The largest absolute Gasteiger partial charge is 0.480 e. The topological polar surface area (TPSA) is 66.4 Å². The predicted octanol–water partition coefficient (Wildman–Crippen LogP) is 4.44. The van der Waals surface area contributed by atoms with E-state index in [1.165, 1.54) is 18.2 Å². The third-order valence-electron chi connectivity index (χ3n) is 3.52. The summed E-state index contributed by atoms with van der Waals surface area (Å²) in [6.45, 7) is 0. The van der Waals surface area contributed by atoms with Gasteiger partial charge in [-0.05, 0) is 42.0 Å². The highest BCUT2D eigenvalue weighted by Gasteiger charge is 2.30.